The molecule has 1 aromatic carbocycles. The molecule has 0 saturated carbocycles. The van der Waals surface area contributed by atoms with Gasteiger partial charge in [-0.05, 0) is 24.3 Å². The van der Waals surface area contributed by atoms with Gasteiger partial charge in [-0.2, -0.15) is 0 Å². The summed E-state index contributed by atoms with van der Waals surface area (Å²) in [6.07, 6.45) is 16.2. The van der Waals surface area contributed by atoms with Crippen LogP contribution in [-0.4, -0.2) is 5.97 Å². The lowest BCUT2D eigenvalue weighted by molar-refractivity contribution is -0.255. The maximum absolute atomic E-state index is 11.5. The van der Waals surface area contributed by atoms with Gasteiger partial charge in [-0.3, -0.25) is 0 Å². The van der Waals surface area contributed by atoms with Gasteiger partial charge in [0.2, 0.25) is 0 Å². The zero-order valence-corrected chi connectivity index (χ0v) is 16.4. The minimum Gasteiger partial charge on any atom is -0.545 e. The van der Waals surface area contributed by atoms with E-state index in [1.165, 1.54) is 70.6 Å². The van der Waals surface area contributed by atoms with Crippen molar-refractivity contribution in [1.29, 1.82) is 0 Å². The number of carbonyl (C=O) groups excluding carboxylic acids is 1. The van der Waals surface area contributed by atoms with E-state index >= 15 is 0 Å². The molecule has 0 saturated heterocycles. The second-order valence-corrected chi connectivity index (χ2v) is 7.33. The molecule has 2 heteroatoms. The number of hydrogen-bond acceptors (Lipinski definition) is 2. The molecule has 0 aromatic heterocycles. The smallest absolute Gasteiger partial charge is 0.0718 e. The van der Waals surface area contributed by atoms with Crippen LogP contribution in [0.3, 0.4) is 0 Å². The van der Waals surface area contributed by atoms with Gasteiger partial charge in [0.05, 0.1) is 5.97 Å². The minimum atomic E-state index is -1.03. The quantitative estimate of drug-likeness (QED) is 0.353. The molecule has 0 aliphatic rings. The Bertz CT molecular complexity index is 467. The van der Waals surface area contributed by atoms with Crippen molar-refractivity contribution >= 4 is 5.97 Å². The topological polar surface area (TPSA) is 40.1 Å². The molecule has 1 rings (SSSR count). The highest BCUT2D eigenvalue weighted by molar-refractivity contribution is 5.87. The van der Waals surface area contributed by atoms with E-state index in [4.69, 9.17) is 0 Å². The summed E-state index contributed by atoms with van der Waals surface area (Å²) in [6, 6.07) is 7.47. The number of rotatable bonds is 15. The fraction of sp³-hybridized carbons (Fsp3) is 0.696. The van der Waals surface area contributed by atoms with Gasteiger partial charge in [-0.1, -0.05) is 109 Å². The Hall–Kier alpha value is -1.31. The number of benzene rings is 1. The van der Waals surface area contributed by atoms with E-state index < -0.39 is 5.97 Å². The zero-order chi connectivity index (χ0) is 18.3. The van der Waals surface area contributed by atoms with Gasteiger partial charge in [0.15, 0.2) is 0 Å². The first-order valence-corrected chi connectivity index (χ1v) is 10.5. The second kappa shape index (κ2) is 13.9. The van der Waals surface area contributed by atoms with Crippen LogP contribution in [0.1, 0.15) is 119 Å². The Morgan fingerprint density at radius 1 is 0.800 bits per heavy atom. The van der Waals surface area contributed by atoms with Crippen LogP contribution in [0.15, 0.2) is 24.3 Å². The monoisotopic (exact) mass is 345 g/mol. The van der Waals surface area contributed by atoms with E-state index in [0.29, 0.717) is 11.5 Å². The van der Waals surface area contributed by atoms with Crippen molar-refractivity contribution in [1.82, 2.24) is 0 Å². The van der Waals surface area contributed by atoms with Crippen LogP contribution in [-0.2, 0) is 0 Å². The first kappa shape index (κ1) is 21.7. The predicted molar refractivity (Wildman–Crippen MR) is 105 cm³/mol. The van der Waals surface area contributed by atoms with Crippen molar-refractivity contribution in [3.8, 4) is 0 Å². The predicted octanol–water partition coefficient (Wildman–Crippen LogP) is 6.24. The molecule has 2 nitrogen and oxygen atoms in total. The zero-order valence-electron chi connectivity index (χ0n) is 16.4. The summed E-state index contributed by atoms with van der Waals surface area (Å²) in [7, 11) is 0. The molecule has 0 fully saturated rings. The molecule has 0 heterocycles. The molecular formula is C23H37O2-. The van der Waals surface area contributed by atoms with E-state index in [2.05, 4.69) is 13.8 Å². The van der Waals surface area contributed by atoms with Gasteiger partial charge in [0.1, 0.15) is 0 Å². The van der Waals surface area contributed by atoms with Gasteiger partial charge < -0.3 is 9.90 Å². The molecule has 0 aliphatic carbocycles. The molecule has 0 radical (unpaired) electrons. The molecule has 0 amide bonds. The number of carbonyl (C=O) groups is 1. The number of hydrogen-bond donors (Lipinski definition) is 0. The maximum Gasteiger partial charge on any atom is 0.0718 e. The summed E-state index contributed by atoms with van der Waals surface area (Å²) < 4.78 is 0. The van der Waals surface area contributed by atoms with E-state index in [-0.39, 0.29) is 0 Å². The first-order valence-electron chi connectivity index (χ1n) is 10.5. The standard InChI is InChI=1S/C23H38O2/c1-3-5-7-9-10-11-13-17-20(16-12-8-6-4-2)21-18-14-15-19-22(21)23(24)25/h14-15,18-20H,3-13,16-17H2,1-2H3,(H,24,25)/p-1. The highest BCUT2D eigenvalue weighted by Crippen LogP contribution is 2.31. The van der Waals surface area contributed by atoms with Crippen LogP contribution in [0.25, 0.3) is 0 Å². The fourth-order valence-electron chi connectivity index (χ4n) is 3.66. The summed E-state index contributed by atoms with van der Waals surface area (Å²) in [4.78, 5) is 11.5. The molecule has 0 aliphatic heterocycles. The molecule has 142 valence electrons. The third-order valence-corrected chi connectivity index (χ3v) is 5.18. The Labute approximate surface area is 155 Å². The molecular weight excluding hydrogens is 308 g/mol. The highest BCUT2D eigenvalue weighted by Gasteiger charge is 2.15. The Morgan fingerprint density at radius 3 is 1.84 bits per heavy atom. The summed E-state index contributed by atoms with van der Waals surface area (Å²) in [5.74, 6) is -0.671. The minimum absolute atomic E-state index is 0.363. The summed E-state index contributed by atoms with van der Waals surface area (Å²) in [5, 5.41) is 11.5. The molecule has 0 spiro atoms. The number of carboxylic acid groups (broad SMARTS) is 1. The summed E-state index contributed by atoms with van der Waals surface area (Å²) >= 11 is 0. The lowest BCUT2D eigenvalue weighted by atomic mass is 9.85. The van der Waals surface area contributed by atoms with Crippen LogP contribution in [0.2, 0.25) is 0 Å². The van der Waals surface area contributed by atoms with Crippen molar-refractivity contribution in [3.05, 3.63) is 35.4 Å². The van der Waals surface area contributed by atoms with Gasteiger partial charge >= 0.3 is 0 Å². The van der Waals surface area contributed by atoms with Crippen LogP contribution in [0.5, 0.6) is 0 Å². The number of unbranched alkanes of at least 4 members (excludes halogenated alkanes) is 9. The van der Waals surface area contributed by atoms with Crippen molar-refractivity contribution in [2.45, 2.75) is 103 Å². The van der Waals surface area contributed by atoms with Crippen LogP contribution in [0, 0.1) is 0 Å². The lowest BCUT2D eigenvalue weighted by Crippen LogP contribution is -2.24. The Morgan fingerprint density at radius 2 is 1.28 bits per heavy atom. The van der Waals surface area contributed by atoms with Crippen molar-refractivity contribution in [2.24, 2.45) is 0 Å². The first-order chi connectivity index (χ1) is 12.2. The van der Waals surface area contributed by atoms with Crippen LogP contribution < -0.4 is 5.11 Å². The highest BCUT2D eigenvalue weighted by atomic mass is 16.4. The Balaban J connectivity index is 2.56. The van der Waals surface area contributed by atoms with E-state index in [0.717, 1.165) is 18.4 Å². The van der Waals surface area contributed by atoms with E-state index in [9.17, 15) is 9.90 Å². The third kappa shape index (κ3) is 9.09. The molecule has 0 N–H and O–H groups in total. The van der Waals surface area contributed by atoms with Crippen LogP contribution >= 0.6 is 0 Å². The lowest BCUT2D eigenvalue weighted by Gasteiger charge is -2.21. The van der Waals surface area contributed by atoms with Gasteiger partial charge in [-0.15, -0.1) is 0 Å². The normalized spacial score (nSPS) is 12.2. The average Bonchev–Trinajstić information content (AvgIpc) is 2.62. The SMILES string of the molecule is CCCCCCCCCC(CCCCCC)c1ccccc1C(=O)[O-]. The summed E-state index contributed by atoms with van der Waals surface area (Å²) in [6.45, 7) is 4.47. The van der Waals surface area contributed by atoms with E-state index in [1.54, 1.807) is 12.1 Å². The molecule has 1 atom stereocenters. The van der Waals surface area contributed by atoms with Gasteiger partial charge in [-0.25, -0.2) is 0 Å². The van der Waals surface area contributed by atoms with E-state index in [1.807, 2.05) is 12.1 Å². The summed E-state index contributed by atoms with van der Waals surface area (Å²) in [5.41, 5.74) is 1.39. The maximum atomic E-state index is 11.5. The van der Waals surface area contributed by atoms with Gasteiger partial charge in [0.25, 0.3) is 0 Å². The molecule has 1 unspecified atom stereocenters. The average molecular weight is 346 g/mol. The largest absolute Gasteiger partial charge is 0.545 e. The van der Waals surface area contributed by atoms with Crippen LogP contribution in [0.4, 0.5) is 0 Å². The second-order valence-electron chi connectivity index (χ2n) is 7.33. The third-order valence-electron chi connectivity index (χ3n) is 5.18. The number of aromatic carboxylic acids is 1. The van der Waals surface area contributed by atoms with Crippen molar-refractivity contribution < 1.29 is 9.90 Å². The Kier molecular flexibility index (Phi) is 12.1. The number of carboxylic acids is 1. The molecule has 1 aromatic rings. The van der Waals surface area contributed by atoms with Crippen molar-refractivity contribution in [3.63, 3.8) is 0 Å². The molecule has 0 bridgehead atoms. The fourth-order valence-corrected chi connectivity index (χ4v) is 3.66. The molecule has 25 heavy (non-hydrogen) atoms. The van der Waals surface area contributed by atoms with Gasteiger partial charge in [0, 0.05) is 5.56 Å². The van der Waals surface area contributed by atoms with Crippen molar-refractivity contribution in [2.75, 3.05) is 0 Å².